The van der Waals surface area contributed by atoms with Gasteiger partial charge in [0.15, 0.2) is 0 Å². The Morgan fingerprint density at radius 2 is 1.94 bits per heavy atom. The number of piperidine rings is 1. The molecule has 0 bridgehead atoms. The van der Waals surface area contributed by atoms with Crippen molar-refractivity contribution in [3.05, 3.63) is 0 Å². The average molecular weight is 224 g/mol. The molecule has 1 N–H and O–H groups in total. The van der Waals surface area contributed by atoms with E-state index in [2.05, 4.69) is 31.0 Å². The predicted octanol–water partition coefficient (Wildman–Crippen LogP) is 1.63. The van der Waals surface area contributed by atoms with Crippen LogP contribution in [0.25, 0.3) is 0 Å². The van der Waals surface area contributed by atoms with Crippen LogP contribution in [0.15, 0.2) is 0 Å². The summed E-state index contributed by atoms with van der Waals surface area (Å²) >= 11 is 0. The number of carbonyl (C=O) groups excluding carboxylic acids is 1. The summed E-state index contributed by atoms with van der Waals surface area (Å²) in [6, 6.07) is 0.363. The van der Waals surface area contributed by atoms with Gasteiger partial charge in [-0.15, -0.1) is 0 Å². The van der Waals surface area contributed by atoms with Gasteiger partial charge in [-0.1, -0.05) is 13.8 Å². The van der Waals surface area contributed by atoms with Crippen LogP contribution in [0.5, 0.6) is 0 Å². The molecule has 0 aliphatic carbocycles. The molecular weight excluding hydrogens is 200 g/mol. The smallest absolute Gasteiger partial charge is 0.227 e. The number of hydrogen-bond donors (Lipinski definition) is 1. The molecule has 2 heterocycles. The number of hydrogen-bond acceptors (Lipinski definition) is 2. The Balaban J connectivity index is 1.91. The topological polar surface area (TPSA) is 32.3 Å². The maximum Gasteiger partial charge on any atom is 0.227 e. The van der Waals surface area contributed by atoms with Crippen molar-refractivity contribution < 1.29 is 4.79 Å². The van der Waals surface area contributed by atoms with E-state index in [0.717, 1.165) is 38.9 Å². The van der Waals surface area contributed by atoms with E-state index in [4.69, 9.17) is 0 Å². The largest absolute Gasteiger partial charge is 0.342 e. The number of likely N-dealkylation sites (tertiary alicyclic amines) is 1. The monoisotopic (exact) mass is 224 g/mol. The zero-order valence-electron chi connectivity index (χ0n) is 10.8. The lowest BCUT2D eigenvalue weighted by Gasteiger charge is -2.38. The molecule has 2 aliphatic heterocycles. The number of amides is 1. The average Bonchev–Trinajstić information content (AvgIpc) is 2.63. The molecule has 0 spiro atoms. The second-order valence-electron chi connectivity index (χ2n) is 6.13. The highest BCUT2D eigenvalue weighted by atomic mass is 16.2. The SMILES string of the molecule is CC1NCCC1C(=O)N1CCC(C)(C)CC1. The first-order chi connectivity index (χ1) is 7.49. The number of rotatable bonds is 1. The van der Waals surface area contributed by atoms with Crippen LogP contribution in [0.4, 0.5) is 0 Å². The van der Waals surface area contributed by atoms with Crippen LogP contribution in [0, 0.1) is 11.3 Å². The predicted molar refractivity (Wildman–Crippen MR) is 65.2 cm³/mol. The van der Waals surface area contributed by atoms with Crippen LogP contribution in [-0.2, 0) is 4.79 Å². The lowest BCUT2D eigenvalue weighted by molar-refractivity contribution is -0.137. The van der Waals surface area contributed by atoms with Crippen molar-refractivity contribution in [3.8, 4) is 0 Å². The van der Waals surface area contributed by atoms with E-state index in [9.17, 15) is 4.79 Å². The highest BCUT2D eigenvalue weighted by Gasteiger charge is 2.35. The second kappa shape index (κ2) is 4.36. The molecule has 0 aromatic rings. The van der Waals surface area contributed by atoms with Crippen LogP contribution in [-0.4, -0.2) is 36.5 Å². The third-order valence-corrected chi connectivity index (χ3v) is 4.27. The summed E-state index contributed by atoms with van der Waals surface area (Å²) in [6.45, 7) is 9.63. The molecule has 2 fully saturated rings. The normalized spacial score (nSPS) is 34.1. The van der Waals surface area contributed by atoms with Gasteiger partial charge in [-0.05, 0) is 38.1 Å². The maximum atomic E-state index is 12.3. The highest BCUT2D eigenvalue weighted by Crippen LogP contribution is 2.31. The summed E-state index contributed by atoms with van der Waals surface area (Å²) in [5.74, 6) is 0.606. The van der Waals surface area contributed by atoms with E-state index in [1.54, 1.807) is 0 Å². The summed E-state index contributed by atoms with van der Waals surface area (Å²) in [5, 5.41) is 3.36. The lowest BCUT2D eigenvalue weighted by Crippen LogP contribution is -2.45. The van der Waals surface area contributed by atoms with Gasteiger partial charge in [0.2, 0.25) is 5.91 Å². The zero-order valence-corrected chi connectivity index (χ0v) is 10.8. The summed E-state index contributed by atoms with van der Waals surface area (Å²) in [4.78, 5) is 14.4. The van der Waals surface area contributed by atoms with E-state index in [-0.39, 0.29) is 5.92 Å². The van der Waals surface area contributed by atoms with Crippen molar-refractivity contribution in [2.75, 3.05) is 19.6 Å². The Hall–Kier alpha value is -0.570. The molecular formula is C13H24N2O. The van der Waals surface area contributed by atoms with Gasteiger partial charge in [0.25, 0.3) is 0 Å². The van der Waals surface area contributed by atoms with Crippen LogP contribution in [0.1, 0.15) is 40.0 Å². The fourth-order valence-electron chi connectivity index (χ4n) is 2.76. The van der Waals surface area contributed by atoms with Gasteiger partial charge in [-0.2, -0.15) is 0 Å². The van der Waals surface area contributed by atoms with E-state index < -0.39 is 0 Å². The molecule has 2 saturated heterocycles. The van der Waals surface area contributed by atoms with E-state index in [1.165, 1.54) is 0 Å². The van der Waals surface area contributed by atoms with Crippen molar-refractivity contribution >= 4 is 5.91 Å². The second-order valence-corrected chi connectivity index (χ2v) is 6.13. The number of nitrogens with zero attached hydrogens (tertiary/aromatic N) is 1. The Labute approximate surface area is 98.6 Å². The molecule has 2 atom stereocenters. The molecule has 0 aromatic carbocycles. The Morgan fingerprint density at radius 1 is 1.31 bits per heavy atom. The van der Waals surface area contributed by atoms with Gasteiger partial charge in [-0.25, -0.2) is 0 Å². The first kappa shape index (κ1) is 11.9. The van der Waals surface area contributed by atoms with Gasteiger partial charge in [-0.3, -0.25) is 4.79 Å². The first-order valence-electron chi connectivity index (χ1n) is 6.52. The van der Waals surface area contributed by atoms with Crippen molar-refractivity contribution in [3.63, 3.8) is 0 Å². The molecule has 3 nitrogen and oxygen atoms in total. The van der Waals surface area contributed by atoms with Crippen LogP contribution < -0.4 is 5.32 Å². The molecule has 3 heteroatoms. The molecule has 0 saturated carbocycles. The summed E-state index contributed by atoms with van der Waals surface area (Å²) in [5.41, 5.74) is 0.427. The third-order valence-electron chi connectivity index (χ3n) is 4.27. The minimum absolute atomic E-state index is 0.223. The summed E-state index contributed by atoms with van der Waals surface area (Å²) in [6.07, 6.45) is 3.31. The van der Waals surface area contributed by atoms with Crippen LogP contribution in [0.3, 0.4) is 0 Å². The molecule has 0 aromatic heterocycles. The molecule has 92 valence electrons. The highest BCUT2D eigenvalue weighted by molar-refractivity contribution is 5.80. The Bertz CT molecular complexity index is 265. The third kappa shape index (κ3) is 2.40. The standard InChI is InChI=1S/C13H24N2O/c1-10-11(4-7-14-10)12(16)15-8-5-13(2,3)6-9-15/h10-11,14H,4-9H2,1-3H3. The van der Waals surface area contributed by atoms with Gasteiger partial charge in [0.1, 0.15) is 0 Å². The number of nitrogens with one attached hydrogen (secondary N) is 1. The molecule has 0 radical (unpaired) electrons. The van der Waals surface area contributed by atoms with Crippen molar-refractivity contribution in [1.29, 1.82) is 0 Å². The lowest BCUT2D eigenvalue weighted by atomic mass is 9.82. The van der Waals surface area contributed by atoms with E-state index in [0.29, 0.717) is 17.4 Å². The molecule has 2 aliphatic rings. The Kier molecular flexibility index (Phi) is 3.24. The van der Waals surface area contributed by atoms with Gasteiger partial charge in [0.05, 0.1) is 5.92 Å². The van der Waals surface area contributed by atoms with Crippen LogP contribution in [0.2, 0.25) is 0 Å². The molecule has 16 heavy (non-hydrogen) atoms. The van der Waals surface area contributed by atoms with Crippen molar-refractivity contribution in [2.24, 2.45) is 11.3 Å². The van der Waals surface area contributed by atoms with E-state index in [1.807, 2.05) is 0 Å². The summed E-state index contributed by atoms with van der Waals surface area (Å²) in [7, 11) is 0. The van der Waals surface area contributed by atoms with Crippen LogP contribution >= 0.6 is 0 Å². The fourth-order valence-corrected chi connectivity index (χ4v) is 2.76. The molecule has 2 rings (SSSR count). The molecule has 2 unspecified atom stereocenters. The fraction of sp³-hybridized carbons (Fsp3) is 0.923. The quantitative estimate of drug-likeness (QED) is 0.734. The van der Waals surface area contributed by atoms with E-state index >= 15 is 0 Å². The minimum atomic E-state index is 0.223. The molecule has 1 amide bonds. The van der Waals surface area contributed by atoms with Gasteiger partial charge < -0.3 is 10.2 Å². The summed E-state index contributed by atoms with van der Waals surface area (Å²) < 4.78 is 0. The first-order valence-corrected chi connectivity index (χ1v) is 6.52. The van der Waals surface area contributed by atoms with Crippen molar-refractivity contribution in [2.45, 2.75) is 46.1 Å². The van der Waals surface area contributed by atoms with Crippen molar-refractivity contribution in [1.82, 2.24) is 10.2 Å². The number of carbonyl (C=O) groups is 1. The minimum Gasteiger partial charge on any atom is -0.342 e. The van der Waals surface area contributed by atoms with Gasteiger partial charge in [0, 0.05) is 19.1 Å². The van der Waals surface area contributed by atoms with Gasteiger partial charge >= 0.3 is 0 Å². The zero-order chi connectivity index (χ0) is 11.8. The maximum absolute atomic E-state index is 12.3. The Morgan fingerprint density at radius 3 is 2.44 bits per heavy atom.